The predicted molar refractivity (Wildman–Crippen MR) is 90.3 cm³/mol. The van der Waals surface area contributed by atoms with Crippen molar-refractivity contribution in [3.63, 3.8) is 0 Å². The van der Waals surface area contributed by atoms with E-state index in [9.17, 15) is 5.11 Å². The Morgan fingerprint density at radius 2 is 1.65 bits per heavy atom. The fraction of sp³-hybridized carbons (Fsp3) is 0.882. The normalized spacial score (nSPS) is 35.8. The highest BCUT2D eigenvalue weighted by Gasteiger charge is 2.54. The van der Waals surface area contributed by atoms with Crippen molar-refractivity contribution < 1.29 is 9.84 Å². The van der Waals surface area contributed by atoms with Crippen LogP contribution in [-0.2, 0) is 4.74 Å². The molecule has 3 aliphatic rings. The molecule has 3 rings (SSSR count). The number of halogens is 1. The minimum Gasteiger partial charge on any atom is -0.390 e. The van der Waals surface area contributed by atoms with Crippen LogP contribution in [0.4, 0.5) is 0 Å². The molecule has 0 aromatic carbocycles. The van der Waals surface area contributed by atoms with Crippen LogP contribution in [0.5, 0.6) is 0 Å². The van der Waals surface area contributed by atoms with E-state index >= 15 is 0 Å². The van der Waals surface area contributed by atoms with Crippen LogP contribution in [0.25, 0.3) is 0 Å². The van der Waals surface area contributed by atoms with Gasteiger partial charge >= 0.3 is 0 Å². The average molecular weight is 390 g/mol. The number of ether oxygens (including phenoxy) is 1. The zero-order valence-corrected chi connectivity index (χ0v) is 14.6. The van der Waals surface area contributed by atoms with E-state index in [1.165, 1.54) is 37.7 Å². The Balaban J connectivity index is 1.79. The van der Waals surface area contributed by atoms with Gasteiger partial charge in [-0.15, -0.1) is 0 Å². The molecule has 1 heterocycles. The zero-order valence-electron chi connectivity index (χ0n) is 12.4. The highest BCUT2D eigenvalue weighted by atomic mass is 127. The summed E-state index contributed by atoms with van der Waals surface area (Å²) >= 11 is 2.43. The summed E-state index contributed by atoms with van der Waals surface area (Å²) in [6.07, 6.45) is 12.2. The van der Waals surface area contributed by atoms with Crippen LogP contribution in [0, 0.1) is 0 Å². The summed E-state index contributed by atoms with van der Waals surface area (Å²) in [5.41, 5.74) is 0.522. The first-order chi connectivity index (χ1) is 9.52. The quantitative estimate of drug-likeness (QED) is 0.436. The summed E-state index contributed by atoms with van der Waals surface area (Å²) in [4.78, 5) is 0. The first-order valence-electron chi connectivity index (χ1n) is 8.18. The Labute approximate surface area is 136 Å². The molecule has 0 aromatic heterocycles. The first-order valence-corrected chi connectivity index (χ1v) is 9.71. The number of hydrogen-bond acceptors (Lipinski definition) is 2. The Bertz CT molecular complexity index is 380. The molecule has 1 N–H and O–H groups in total. The van der Waals surface area contributed by atoms with Crippen molar-refractivity contribution in [1.82, 2.24) is 0 Å². The number of hydrogen-bond donors (Lipinski definition) is 1. The number of rotatable bonds is 3. The number of aliphatic hydroxyl groups is 1. The topological polar surface area (TPSA) is 29.5 Å². The highest BCUT2D eigenvalue weighted by Crippen LogP contribution is 2.53. The van der Waals surface area contributed by atoms with E-state index in [1.807, 2.05) is 0 Å². The van der Waals surface area contributed by atoms with Gasteiger partial charge in [0.25, 0.3) is 0 Å². The van der Waals surface area contributed by atoms with Gasteiger partial charge in [-0.25, -0.2) is 0 Å². The largest absolute Gasteiger partial charge is 0.390 e. The van der Waals surface area contributed by atoms with Crippen LogP contribution < -0.4 is 0 Å². The van der Waals surface area contributed by atoms with E-state index in [0.29, 0.717) is 0 Å². The third-order valence-corrected chi connectivity index (χ3v) is 6.95. The Hall–Kier alpha value is 0.390. The second-order valence-electron chi connectivity index (χ2n) is 7.36. The second-order valence-corrected chi connectivity index (χ2v) is 8.13. The third-order valence-electron chi connectivity index (χ3n) is 5.72. The summed E-state index contributed by atoms with van der Waals surface area (Å²) in [5, 5.41) is 11.0. The monoisotopic (exact) mass is 390 g/mol. The lowest BCUT2D eigenvalue weighted by Gasteiger charge is -2.41. The van der Waals surface area contributed by atoms with Crippen LogP contribution in [0.3, 0.4) is 0 Å². The van der Waals surface area contributed by atoms with Gasteiger partial charge < -0.3 is 9.84 Å². The lowest BCUT2D eigenvalue weighted by Crippen LogP contribution is -2.45. The van der Waals surface area contributed by atoms with Crippen molar-refractivity contribution in [3.05, 3.63) is 12.2 Å². The van der Waals surface area contributed by atoms with Crippen molar-refractivity contribution in [3.8, 4) is 0 Å². The molecule has 2 aliphatic carbocycles. The van der Waals surface area contributed by atoms with Crippen LogP contribution in [0.15, 0.2) is 12.2 Å². The van der Waals surface area contributed by atoms with E-state index in [1.54, 1.807) is 0 Å². The number of alkyl halides is 1. The van der Waals surface area contributed by atoms with Crippen molar-refractivity contribution in [2.24, 2.45) is 0 Å². The minimum absolute atomic E-state index is 0.0628. The Morgan fingerprint density at radius 3 is 2.25 bits per heavy atom. The first kappa shape index (κ1) is 15.3. The zero-order chi connectivity index (χ0) is 14.3. The smallest absolute Gasteiger partial charge is 0.101 e. The maximum Gasteiger partial charge on any atom is 0.101 e. The van der Waals surface area contributed by atoms with Crippen molar-refractivity contribution in [2.45, 2.75) is 87.4 Å². The molecule has 0 amide bonds. The molecule has 1 saturated heterocycles. The molecule has 2 nitrogen and oxygen atoms in total. The van der Waals surface area contributed by atoms with Crippen LogP contribution in [0.2, 0.25) is 0 Å². The summed E-state index contributed by atoms with van der Waals surface area (Å²) in [5.74, 6) is 0. The van der Waals surface area contributed by atoms with E-state index in [-0.39, 0.29) is 11.2 Å². The molecule has 1 aliphatic heterocycles. The van der Waals surface area contributed by atoms with Crippen LogP contribution in [-0.4, -0.2) is 26.3 Å². The standard InChI is InChI=1S/C17H27IO2/c1-14-11-16(9-5-6-10-16)20-17(14,13-18)12-15(19)7-3-2-4-8-15/h19H,1-13H2. The average Bonchev–Trinajstić information content (AvgIpc) is 2.96. The second kappa shape index (κ2) is 5.54. The molecule has 2 saturated carbocycles. The van der Waals surface area contributed by atoms with E-state index < -0.39 is 5.60 Å². The molecule has 3 fully saturated rings. The molecule has 1 unspecified atom stereocenters. The molecule has 0 radical (unpaired) electrons. The third kappa shape index (κ3) is 2.70. The highest BCUT2D eigenvalue weighted by molar-refractivity contribution is 14.1. The van der Waals surface area contributed by atoms with Gasteiger partial charge in [0.05, 0.1) is 11.2 Å². The Kier molecular flexibility index (Phi) is 4.24. The van der Waals surface area contributed by atoms with Gasteiger partial charge in [-0.3, -0.25) is 0 Å². The van der Waals surface area contributed by atoms with Gasteiger partial charge in [0.15, 0.2) is 0 Å². The van der Waals surface area contributed by atoms with Gasteiger partial charge in [0.2, 0.25) is 0 Å². The molecule has 1 spiro atoms. The van der Waals surface area contributed by atoms with Crippen LogP contribution in [0.1, 0.15) is 70.6 Å². The van der Waals surface area contributed by atoms with Gasteiger partial charge in [-0.2, -0.15) is 0 Å². The predicted octanol–water partition coefficient (Wildman–Crippen LogP) is 4.53. The molecule has 1 atom stereocenters. The lowest BCUT2D eigenvalue weighted by molar-refractivity contribution is -0.123. The minimum atomic E-state index is -0.517. The van der Waals surface area contributed by atoms with Crippen molar-refractivity contribution in [1.29, 1.82) is 0 Å². The molecule has 0 bridgehead atoms. The maximum absolute atomic E-state index is 11.0. The van der Waals surface area contributed by atoms with Gasteiger partial charge in [-0.1, -0.05) is 61.3 Å². The molecule has 114 valence electrons. The summed E-state index contributed by atoms with van der Waals surface area (Å²) in [6, 6.07) is 0. The van der Waals surface area contributed by atoms with Crippen LogP contribution >= 0.6 is 22.6 Å². The fourth-order valence-corrected chi connectivity index (χ4v) is 5.58. The fourth-order valence-electron chi connectivity index (χ4n) is 4.62. The van der Waals surface area contributed by atoms with Crippen molar-refractivity contribution >= 4 is 22.6 Å². The van der Waals surface area contributed by atoms with Gasteiger partial charge in [0, 0.05) is 10.8 Å². The molecule has 3 heteroatoms. The van der Waals surface area contributed by atoms with E-state index in [4.69, 9.17) is 4.74 Å². The maximum atomic E-state index is 11.0. The summed E-state index contributed by atoms with van der Waals surface area (Å²) in [7, 11) is 0. The lowest BCUT2D eigenvalue weighted by atomic mass is 9.75. The SMILES string of the molecule is C=C1CC2(CCCC2)OC1(CI)CC1(O)CCCCC1. The van der Waals surface area contributed by atoms with Crippen molar-refractivity contribution in [2.75, 3.05) is 4.43 Å². The molecule has 20 heavy (non-hydrogen) atoms. The van der Waals surface area contributed by atoms with Gasteiger partial charge in [-0.05, 0) is 37.7 Å². The van der Waals surface area contributed by atoms with E-state index in [2.05, 4.69) is 29.2 Å². The molecular weight excluding hydrogens is 363 g/mol. The van der Waals surface area contributed by atoms with E-state index in [0.717, 1.165) is 43.0 Å². The summed E-state index contributed by atoms with van der Waals surface area (Å²) < 4.78 is 7.58. The summed E-state index contributed by atoms with van der Waals surface area (Å²) in [6.45, 7) is 4.35. The molecule has 0 aromatic rings. The molecular formula is C17H27IO2. The Morgan fingerprint density at radius 1 is 1.05 bits per heavy atom. The van der Waals surface area contributed by atoms with Gasteiger partial charge in [0.1, 0.15) is 5.60 Å².